The maximum absolute atomic E-state index is 12.3. The molecule has 0 saturated heterocycles. The van der Waals surface area contributed by atoms with Crippen LogP contribution >= 0.6 is 0 Å². The molecule has 0 aliphatic rings. The maximum atomic E-state index is 12.3. The number of nitrogens with one attached hydrogen (secondary N) is 1. The first-order valence-corrected chi connectivity index (χ1v) is 9.34. The van der Waals surface area contributed by atoms with Crippen molar-refractivity contribution in [2.45, 2.75) is 58.8 Å². The number of para-hydroxylation sites is 1. The van der Waals surface area contributed by atoms with Crippen LogP contribution in [0.2, 0.25) is 0 Å². The van der Waals surface area contributed by atoms with E-state index in [1.165, 1.54) is 0 Å². The zero-order valence-corrected chi connectivity index (χ0v) is 15.5. The Morgan fingerprint density at radius 3 is 2.56 bits per heavy atom. The van der Waals surface area contributed by atoms with E-state index < -0.39 is 0 Å². The molecule has 0 spiro atoms. The molecule has 0 bridgehead atoms. The lowest BCUT2D eigenvalue weighted by atomic mass is 10.1. The van der Waals surface area contributed by atoms with Crippen LogP contribution in [-0.2, 0) is 9.53 Å². The summed E-state index contributed by atoms with van der Waals surface area (Å²) in [6.07, 6.45) is 6.20. The highest BCUT2D eigenvalue weighted by molar-refractivity contribution is 5.96. The number of esters is 1. The van der Waals surface area contributed by atoms with E-state index in [1.54, 1.807) is 13.0 Å². The van der Waals surface area contributed by atoms with Gasteiger partial charge in [-0.25, -0.2) is 0 Å². The van der Waals surface area contributed by atoms with Crippen LogP contribution in [0.5, 0.6) is 5.75 Å². The molecule has 0 aliphatic carbocycles. The minimum Gasteiger partial charge on any atom is -0.493 e. The largest absolute Gasteiger partial charge is 0.493 e. The van der Waals surface area contributed by atoms with Gasteiger partial charge in [-0.05, 0) is 38.3 Å². The molecule has 1 rings (SSSR count). The summed E-state index contributed by atoms with van der Waals surface area (Å²) in [6, 6.07) is 7.33. The molecule has 1 aromatic carbocycles. The van der Waals surface area contributed by atoms with Crippen LogP contribution in [-0.4, -0.2) is 31.6 Å². The van der Waals surface area contributed by atoms with Crippen LogP contribution < -0.4 is 10.1 Å². The number of hydrogen-bond donors (Lipinski definition) is 1. The molecule has 1 aromatic rings. The molecule has 0 radical (unpaired) electrons. The van der Waals surface area contributed by atoms with Gasteiger partial charge in [-0.1, -0.05) is 38.3 Å². The standard InChI is InChI=1S/C20H31NO4/c1-3-5-11-16-25-18-13-9-8-12-17(18)20(23)21-15-10-6-7-14-19(22)24-4-2/h8-9,12-13H,3-7,10-11,14-16H2,1-2H3,(H,21,23). The van der Waals surface area contributed by atoms with Gasteiger partial charge >= 0.3 is 5.97 Å². The van der Waals surface area contributed by atoms with E-state index in [0.717, 1.165) is 38.5 Å². The van der Waals surface area contributed by atoms with Crippen molar-refractivity contribution in [3.8, 4) is 5.75 Å². The van der Waals surface area contributed by atoms with Crippen molar-refractivity contribution in [3.05, 3.63) is 29.8 Å². The molecule has 5 heteroatoms. The van der Waals surface area contributed by atoms with Gasteiger partial charge in [0.25, 0.3) is 5.91 Å². The Hall–Kier alpha value is -2.04. The first-order valence-electron chi connectivity index (χ1n) is 9.34. The molecule has 1 amide bonds. The number of benzene rings is 1. The summed E-state index contributed by atoms with van der Waals surface area (Å²) in [5.41, 5.74) is 0.575. The predicted molar refractivity (Wildman–Crippen MR) is 98.9 cm³/mol. The molecule has 0 atom stereocenters. The van der Waals surface area contributed by atoms with Crippen molar-refractivity contribution in [3.63, 3.8) is 0 Å². The number of hydrogen-bond acceptors (Lipinski definition) is 4. The molecule has 1 N–H and O–H groups in total. The number of carbonyl (C=O) groups excluding carboxylic acids is 2. The molecule has 0 saturated carbocycles. The minimum atomic E-state index is -0.152. The van der Waals surface area contributed by atoms with E-state index in [0.29, 0.717) is 37.5 Å². The Labute approximate surface area is 151 Å². The summed E-state index contributed by atoms with van der Waals surface area (Å²) in [4.78, 5) is 23.5. The van der Waals surface area contributed by atoms with Gasteiger partial charge in [0.2, 0.25) is 0 Å². The third kappa shape index (κ3) is 9.13. The third-order valence-corrected chi connectivity index (χ3v) is 3.79. The quantitative estimate of drug-likeness (QED) is 0.430. The average Bonchev–Trinajstić information content (AvgIpc) is 2.62. The Bertz CT molecular complexity index is 516. The van der Waals surface area contributed by atoms with Crippen molar-refractivity contribution in [2.75, 3.05) is 19.8 Å². The first-order chi connectivity index (χ1) is 12.2. The second kappa shape index (κ2) is 13.3. The van der Waals surface area contributed by atoms with E-state index >= 15 is 0 Å². The van der Waals surface area contributed by atoms with Crippen LogP contribution in [0.1, 0.15) is 69.2 Å². The number of carbonyl (C=O) groups is 2. The van der Waals surface area contributed by atoms with E-state index in [4.69, 9.17) is 9.47 Å². The van der Waals surface area contributed by atoms with Gasteiger partial charge in [0.05, 0.1) is 18.8 Å². The Morgan fingerprint density at radius 1 is 1.00 bits per heavy atom. The summed E-state index contributed by atoms with van der Waals surface area (Å²) in [5.74, 6) is 0.371. The second-order valence-corrected chi connectivity index (χ2v) is 5.92. The Morgan fingerprint density at radius 2 is 1.80 bits per heavy atom. The second-order valence-electron chi connectivity index (χ2n) is 5.92. The lowest BCUT2D eigenvalue weighted by Crippen LogP contribution is -2.25. The van der Waals surface area contributed by atoms with Gasteiger partial charge in [0.1, 0.15) is 5.75 Å². The molecule has 0 aliphatic heterocycles. The highest BCUT2D eigenvalue weighted by Gasteiger charge is 2.11. The van der Waals surface area contributed by atoms with E-state index in [1.807, 2.05) is 18.2 Å². The van der Waals surface area contributed by atoms with Gasteiger partial charge in [-0.15, -0.1) is 0 Å². The molecule has 5 nitrogen and oxygen atoms in total. The number of rotatable bonds is 13. The van der Waals surface area contributed by atoms with Crippen LogP contribution in [0.3, 0.4) is 0 Å². The summed E-state index contributed by atoms with van der Waals surface area (Å²) in [5, 5.41) is 2.92. The van der Waals surface area contributed by atoms with E-state index in [9.17, 15) is 9.59 Å². The van der Waals surface area contributed by atoms with Crippen molar-refractivity contribution in [2.24, 2.45) is 0 Å². The molecular weight excluding hydrogens is 318 g/mol. The summed E-state index contributed by atoms with van der Waals surface area (Å²) < 4.78 is 10.6. The zero-order valence-electron chi connectivity index (χ0n) is 15.5. The Balaban J connectivity index is 2.29. The van der Waals surface area contributed by atoms with Crippen LogP contribution in [0, 0.1) is 0 Å². The lowest BCUT2D eigenvalue weighted by molar-refractivity contribution is -0.143. The van der Waals surface area contributed by atoms with Crippen LogP contribution in [0.4, 0.5) is 0 Å². The first kappa shape index (κ1) is 21.0. The maximum Gasteiger partial charge on any atom is 0.305 e. The zero-order chi connectivity index (χ0) is 18.3. The lowest BCUT2D eigenvalue weighted by Gasteiger charge is -2.11. The molecule has 0 aromatic heterocycles. The van der Waals surface area contributed by atoms with E-state index in [-0.39, 0.29) is 11.9 Å². The minimum absolute atomic E-state index is 0.114. The molecule has 25 heavy (non-hydrogen) atoms. The summed E-state index contributed by atoms with van der Waals surface area (Å²) >= 11 is 0. The summed E-state index contributed by atoms with van der Waals surface area (Å²) in [6.45, 7) is 5.60. The third-order valence-electron chi connectivity index (χ3n) is 3.79. The smallest absolute Gasteiger partial charge is 0.305 e. The number of ether oxygens (including phenoxy) is 2. The Kier molecular flexibility index (Phi) is 11.2. The topological polar surface area (TPSA) is 64.6 Å². The van der Waals surface area contributed by atoms with Gasteiger partial charge in [-0.3, -0.25) is 9.59 Å². The van der Waals surface area contributed by atoms with Crippen molar-refractivity contribution < 1.29 is 19.1 Å². The molecule has 0 heterocycles. The van der Waals surface area contributed by atoms with E-state index in [2.05, 4.69) is 12.2 Å². The van der Waals surface area contributed by atoms with Crippen LogP contribution in [0.25, 0.3) is 0 Å². The fourth-order valence-corrected chi connectivity index (χ4v) is 2.42. The van der Waals surface area contributed by atoms with Crippen molar-refractivity contribution in [1.29, 1.82) is 0 Å². The monoisotopic (exact) mass is 349 g/mol. The summed E-state index contributed by atoms with van der Waals surface area (Å²) in [7, 11) is 0. The van der Waals surface area contributed by atoms with Gasteiger partial charge < -0.3 is 14.8 Å². The SMILES string of the molecule is CCCCCOc1ccccc1C(=O)NCCCCCC(=O)OCC. The predicted octanol–water partition coefficient (Wildman–Crippen LogP) is 4.11. The van der Waals surface area contributed by atoms with Crippen molar-refractivity contribution >= 4 is 11.9 Å². The highest BCUT2D eigenvalue weighted by atomic mass is 16.5. The number of unbranched alkanes of at least 4 members (excludes halogenated alkanes) is 4. The molecular formula is C20H31NO4. The molecule has 140 valence electrons. The average molecular weight is 349 g/mol. The number of amides is 1. The fraction of sp³-hybridized carbons (Fsp3) is 0.600. The van der Waals surface area contributed by atoms with Gasteiger partial charge in [-0.2, -0.15) is 0 Å². The highest BCUT2D eigenvalue weighted by Crippen LogP contribution is 2.18. The van der Waals surface area contributed by atoms with Gasteiger partial charge in [0, 0.05) is 13.0 Å². The fourth-order valence-electron chi connectivity index (χ4n) is 2.42. The van der Waals surface area contributed by atoms with Crippen molar-refractivity contribution in [1.82, 2.24) is 5.32 Å². The normalized spacial score (nSPS) is 10.3. The van der Waals surface area contributed by atoms with Crippen LogP contribution in [0.15, 0.2) is 24.3 Å². The molecule has 0 fully saturated rings. The van der Waals surface area contributed by atoms with Gasteiger partial charge in [0.15, 0.2) is 0 Å². The molecule has 0 unspecified atom stereocenters.